The minimum absolute atomic E-state index is 0.0838. The molecule has 0 N–H and O–H groups in total. The number of carbonyl (C=O) groups is 3. The van der Waals surface area contributed by atoms with Crippen molar-refractivity contribution in [3.05, 3.63) is 60.8 Å². The van der Waals surface area contributed by atoms with Crippen molar-refractivity contribution in [2.24, 2.45) is 0 Å². The average Bonchev–Trinajstić information content (AvgIpc) is 3.15. The molecule has 0 radical (unpaired) electrons. The van der Waals surface area contributed by atoms with Crippen molar-refractivity contribution >= 4 is 17.9 Å². The molecule has 304 valence electrons. The lowest BCUT2D eigenvalue weighted by Gasteiger charge is -2.18. The molecule has 0 aromatic carbocycles. The highest BCUT2D eigenvalue weighted by Gasteiger charge is 2.19. The van der Waals surface area contributed by atoms with Crippen LogP contribution in [0.2, 0.25) is 0 Å². The quantitative estimate of drug-likeness (QED) is 0.0271. The lowest BCUT2D eigenvalue weighted by atomic mass is 10.1. The smallest absolute Gasteiger partial charge is 0.306 e. The topological polar surface area (TPSA) is 78.9 Å². The largest absolute Gasteiger partial charge is 0.462 e. The van der Waals surface area contributed by atoms with Gasteiger partial charge in [-0.15, -0.1) is 0 Å². The van der Waals surface area contributed by atoms with Crippen LogP contribution >= 0.6 is 0 Å². The molecule has 0 rings (SSSR count). The molecule has 0 saturated carbocycles. The molecule has 0 bridgehead atoms. The van der Waals surface area contributed by atoms with Crippen LogP contribution in [0.4, 0.5) is 0 Å². The summed E-state index contributed by atoms with van der Waals surface area (Å²) in [4.78, 5) is 37.5. The zero-order valence-electron chi connectivity index (χ0n) is 34.5. The predicted octanol–water partition coefficient (Wildman–Crippen LogP) is 13.7. The Labute approximate surface area is 326 Å². The SMILES string of the molecule is CC/C=C\C/C=C\C/C=C\C/C=C\C/C=C\CCCCCC(=O)OCC(COC(=O)CCCCCCCCCC)OC(=O)CCCCCCCCCC. The van der Waals surface area contributed by atoms with E-state index < -0.39 is 6.10 Å². The Hall–Kier alpha value is -2.89. The van der Waals surface area contributed by atoms with Crippen molar-refractivity contribution in [2.75, 3.05) is 13.2 Å². The van der Waals surface area contributed by atoms with E-state index in [4.69, 9.17) is 14.2 Å². The van der Waals surface area contributed by atoms with E-state index in [0.717, 1.165) is 96.3 Å². The second kappa shape index (κ2) is 41.9. The van der Waals surface area contributed by atoms with E-state index in [9.17, 15) is 14.4 Å². The standard InChI is InChI=1S/C47H80O6/c1-4-7-10-13-16-19-20-21-22-23-24-25-26-27-28-29-32-34-37-40-46(49)52-43-44(53-47(50)41-38-35-31-18-15-12-9-6-3)42-51-45(48)39-36-33-30-17-14-11-8-5-2/h7,10,16,19,21-22,24-25,27-28,44H,4-6,8-9,11-15,17-18,20,23,26,29-43H2,1-3H3/b10-7-,19-16-,22-21-,25-24-,28-27-. The van der Waals surface area contributed by atoms with E-state index in [2.05, 4.69) is 81.5 Å². The summed E-state index contributed by atoms with van der Waals surface area (Å²) in [5.74, 6) is -0.931. The zero-order valence-corrected chi connectivity index (χ0v) is 34.5. The molecular formula is C47H80O6. The lowest BCUT2D eigenvalue weighted by molar-refractivity contribution is -0.167. The molecule has 0 heterocycles. The average molecular weight is 741 g/mol. The molecule has 0 saturated heterocycles. The molecule has 0 spiro atoms. The summed E-state index contributed by atoms with van der Waals surface area (Å²) in [5, 5.41) is 0. The summed E-state index contributed by atoms with van der Waals surface area (Å²) >= 11 is 0. The normalized spacial score (nSPS) is 12.6. The third-order valence-electron chi connectivity index (χ3n) is 9.04. The molecule has 0 fully saturated rings. The molecule has 1 unspecified atom stereocenters. The zero-order chi connectivity index (χ0) is 38.7. The van der Waals surface area contributed by atoms with Gasteiger partial charge in [0.15, 0.2) is 6.10 Å². The second-order valence-corrected chi connectivity index (χ2v) is 14.2. The Kier molecular flexibility index (Phi) is 39.6. The van der Waals surface area contributed by atoms with Gasteiger partial charge < -0.3 is 14.2 Å². The monoisotopic (exact) mass is 741 g/mol. The van der Waals surface area contributed by atoms with Gasteiger partial charge in [0, 0.05) is 19.3 Å². The van der Waals surface area contributed by atoms with Crippen LogP contribution in [-0.4, -0.2) is 37.2 Å². The molecule has 0 aliphatic carbocycles. The van der Waals surface area contributed by atoms with Crippen molar-refractivity contribution in [2.45, 2.75) is 207 Å². The number of allylic oxidation sites excluding steroid dienone is 10. The second-order valence-electron chi connectivity index (χ2n) is 14.2. The first-order valence-corrected chi connectivity index (χ1v) is 21.8. The molecule has 1 atom stereocenters. The molecule has 6 nitrogen and oxygen atoms in total. The van der Waals surface area contributed by atoms with Crippen LogP contribution in [0.15, 0.2) is 60.8 Å². The Balaban J connectivity index is 4.32. The van der Waals surface area contributed by atoms with Crippen LogP contribution in [0.3, 0.4) is 0 Å². The third kappa shape index (κ3) is 40.1. The predicted molar refractivity (Wildman–Crippen MR) is 224 cm³/mol. The minimum Gasteiger partial charge on any atom is -0.462 e. The first-order chi connectivity index (χ1) is 26.0. The molecule has 0 aliphatic rings. The summed E-state index contributed by atoms with van der Waals surface area (Å²) in [6.45, 7) is 6.41. The maximum atomic E-state index is 12.6. The van der Waals surface area contributed by atoms with E-state index in [-0.39, 0.29) is 31.1 Å². The van der Waals surface area contributed by atoms with E-state index in [1.54, 1.807) is 0 Å². The van der Waals surface area contributed by atoms with Crippen LogP contribution in [-0.2, 0) is 28.6 Å². The summed E-state index contributed by atoms with van der Waals surface area (Å²) in [5.41, 5.74) is 0. The Morgan fingerprint density at radius 2 is 0.736 bits per heavy atom. The van der Waals surface area contributed by atoms with Crippen molar-refractivity contribution in [1.82, 2.24) is 0 Å². The van der Waals surface area contributed by atoms with E-state index in [1.165, 1.54) is 64.2 Å². The number of hydrogen-bond acceptors (Lipinski definition) is 6. The molecular weight excluding hydrogens is 661 g/mol. The van der Waals surface area contributed by atoms with Crippen LogP contribution in [0.5, 0.6) is 0 Å². The molecule has 0 aromatic heterocycles. The molecule has 0 amide bonds. The van der Waals surface area contributed by atoms with Gasteiger partial charge in [0.25, 0.3) is 0 Å². The summed E-state index contributed by atoms with van der Waals surface area (Å²) in [6, 6.07) is 0. The first kappa shape index (κ1) is 50.1. The minimum atomic E-state index is -0.779. The maximum Gasteiger partial charge on any atom is 0.306 e. The van der Waals surface area contributed by atoms with Crippen molar-refractivity contribution in [1.29, 1.82) is 0 Å². The highest BCUT2D eigenvalue weighted by Crippen LogP contribution is 2.13. The fourth-order valence-corrected chi connectivity index (χ4v) is 5.76. The van der Waals surface area contributed by atoms with Crippen molar-refractivity contribution in [3.8, 4) is 0 Å². The fraction of sp³-hybridized carbons (Fsp3) is 0.723. The number of hydrogen-bond donors (Lipinski definition) is 0. The maximum absolute atomic E-state index is 12.6. The molecule has 6 heteroatoms. The highest BCUT2D eigenvalue weighted by atomic mass is 16.6. The van der Waals surface area contributed by atoms with Crippen LogP contribution < -0.4 is 0 Å². The van der Waals surface area contributed by atoms with Gasteiger partial charge in [0.05, 0.1) is 0 Å². The number of unbranched alkanes of at least 4 members (excludes halogenated alkanes) is 17. The van der Waals surface area contributed by atoms with Gasteiger partial charge in [-0.25, -0.2) is 0 Å². The van der Waals surface area contributed by atoms with Gasteiger partial charge in [0.2, 0.25) is 0 Å². The van der Waals surface area contributed by atoms with Crippen LogP contribution in [0, 0.1) is 0 Å². The summed E-state index contributed by atoms with van der Waals surface area (Å²) in [6.07, 6.45) is 49.3. The van der Waals surface area contributed by atoms with E-state index in [1.807, 2.05) is 0 Å². The summed E-state index contributed by atoms with van der Waals surface area (Å²) in [7, 11) is 0. The Bertz CT molecular complexity index is 991. The van der Waals surface area contributed by atoms with Gasteiger partial charge in [-0.1, -0.05) is 178 Å². The van der Waals surface area contributed by atoms with Crippen LogP contribution in [0.25, 0.3) is 0 Å². The summed E-state index contributed by atoms with van der Waals surface area (Å²) < 4.78 is 16.6. The Morgan fingerprint density at radius 1 is 0.396 bits per heavy atom. The van der Waals surface area contributed by atoms with Gasteiger partial charge in [-0.3, -0.25) is 14.4 Å². The van der Waals surface area contributed by atoms with Crippen LogP contribution in [0.1, 0.15) is 201 Å². The van der Waals surface area contributed by atoms with E-state index in [0.29, 0.717) is 19.3 Å². The molecule has 0 aliphatic heterocycles. The fourth-order valence-electron chi connectivity index (χ4n) is 5.76. The first-order valence-electron chi connectivity index (χ1n) is 21.8. The van der Waals surface area contributed by atoms with Gasteiger partial charge in [-0.2, -0.15) is 0 Å². The van der Waals surface area contributed by atoms with Gasteiger partial charge in [0.1, 0.15) is 13.2 Å². The van der Waals surface area contributed by atoms with Gasteiger partial charge >= 0.3 is 17.9 Å². The number of carbonyl (C=O) groups excluding carboxylic acids is 3. The lowest BCUT2D eigenvalue weighted by Crippen LogP contribution is -2.30. The highest BCUT2D eigenvalue weighted by molar-refractivity contribution is 5.71. The van der Waals surface area contributed by atoms with E-state index >= 15 is 0 Å². The van der Waals surface area contributed by atoms with Gasteiger partial charge in [-0.05, 0) is 64.2 Å². The molecule has 0 aromatic rings. The third-order valence-corrected chi connectivity index (χ3v) is 9.04. The number of ether oxygens (including phenoxy) is 3. The number of rotatable bonds is 38. The number of esters is 3. The molecule has 53 heavy (non-hydrogen) atoms. The van der Waals surface area contributed by atoms with Crippen molar-refractivity contribution in [3.63, 3.8) is 0 Å². The van der Waals surface area contributed by atoms with Crippen molar-refractivity contribution < 1.29 is 28.6 Å². The Morgan fingerprint density at radius 3 is 1.15 bits per heavy atom.